The number of hydrogen-bond acceptors (Lipinski definition) is 4. The summed E-state index contributed by atoms with van der Waals surface area (Å²) >= 11 is 1.46. The third kappa shape index (κ3) is 3.16. The van der Waals surface area contributed by atoms with Gasteiger partial charge in [0.25, 0.3) is 5.91 Å². The quantitative estimate of drug-likeness (QED) is 0.749. The molecule has 0 unspecified atom stereocenters. The maximum absolute atomic E-state index is 13.0. The van der Waals surface area contributed by atoms with Crippen LogP contribution in [0.3, 0.4) is 0 Å². The first kappa shape index (κ1) is 17.5. The molecule has 0 atom stereocenters. The van der Waals surface area contributed by atoms with Gasteiger partial charge in [-0.25, -0.2) is 4.79 Å². The van der Waals surface area contributed by atoms with Crippen LogP contribution in [-0.4, -0.2) is 49.3 Å². The first-order valence-electron chi connectivity index (χ1n) is 8.83. The first-order chi connectivity index (χ1) is 13.1. The monoisotopic (exact) mass is 384 g/mol. The molecule has 4 rings (SSSR count). The van der Waals surface area contributed by atoms with E-state index in [1.165, 1.54) is 17.5 Å². The zero-order chi connectivity index (χ0) is 19.0. The summed E-state index contributed by atoms with van der Waals surface area (Å²) in [7, 11) is 0. The third-order valence-electron chi connectivity index (χ3n) is 5.09. The molecule has 7 nitrogen and oxygen atoms in total. The lowest BCUT2D eigenvalue weighted by Gasteiger charge is -2.32. The normalized spacial score (nSPS) is 15.2. The smallest absolute Gasteiger partial charge is 0.339 e. The van der Waals surface area contributed by atoms with Gasteiger partial charge in [0.15, 0.2) is 0 Å². The second-order valence-corrected chi connectivity index (χ2v) is 7.56. The van der Waals surface area contributed by atoms with E-state index in [1.54, 1.807) is 11.6 Å². The summed E-state index contributed by atoms with van der Waals surface area (Å²) in [6.45, 7) is 3.05. The number of thiophene rings is 1. The Morgan fingerprint density at radius 3 is 2.56 bits per heavy atom. The van der Waals surface area contributed by atoms with Crippen molar-refractivity contribution in [3.63, 3.8) is 0 Å². The molecule has 0 spiro atoms. The standard InChI is InChI=1S/C19H20N4O3S/c1-13-15(19(25)26)12-20-23(13)14-4-9-22(10-5-14)18(24)17-16(6-11-27-17)21-7-2-3-8-21/h2-3,6-8,11-12,14H,4-5,9-10H2,1H3,(H,25,26). The molecular weight excluding hydrogens is 364 g/mol. The summed E-state index contributed by atoms with van der Waals surface area (Å²) in [4.78, 5) is 26.8. The van der Waals surface area contributed by atoms with Gasteiger partial charge in [0.2, 0.25) is 0 Å². The number of rotatable bonds is 4. The van der Waals surface area contributed by atoms with Crippen molar-refractivity contribution in [2.24, 2.45) is 0 Å². The Morgan fingerprint density at radius 2 is 1.93 bits per heavy atom. The van der Waals surface area contributed by atoms with Crippen LogP contribution in [0.15, 0.2) is 42.2 Å². The number of aromatic carboxylic acids is 1. The summed E-state index contributed by atoms with van der Waals surface area (Å²) in [6, 6.07) is 5.96. The van der Waals surface area contributed by atoms with Crippen LogP contribution < -0.4 is 0 Å². The van der Waals surface area contributed by atoms with Crippen molar-refractivity contribution in [3.8, 4) is 5.69 Å². The molecule has 1 aliphatic rings. The van der Waals surface area contributed by atoms with Crippen molar-refractivity contribution in [2.75, 3.05) is 13.1 Å². The van der Waals surface area contributed by atoms with Gasteiger partial charge in [0.1, 0.15) is 10.4 Å². The second-order valence-electron chi connectivity index (χ2n) is 6.64. The molecule has 1 aliphatic heterocycles. The van der Waals surface area contributed by atoms with Crippen molar-refractivity contribution in [3.05, 3.63) is 58.3 Å². The lowest BCUT2D eigenvalue weighted by Crippen LogP contribution is -2.39. The lowest BCUT2D eigenvalue weighted by molar-refractivity contribution is 0.0691. The van der Waals surface area contributed by atoms with Gasteiger partial charge in [-0.15, -0.1) is 11.3 Å². The van der Waals surface area contributed by atoms with Gasteiger partial charge < -0.3 is 14.6 Å². The largest absolute Gasteiger partial charge is 0.478 e. The number of hydrogen-bond donors (Lipinski definition) is 1. The minimum absolute atomic E-state index is 0.0514. The van der Waals surface area contributed by atoms with Gasteiger partial charge in [0.05, 0.1) is 23.6 Å². The van der Waals surface area contributed by atoms with Gasteiger partial charge in [0, 0.05) is 25.5 Å². The number of carbonyl (C=O) groups excluding carboxylic acids is 1. The average Bonchev–Trinajstić information content (AvgIpc) is 3.41. The molecule has 0 saturated carbocycles. The SMILES string of the molecule is Cc1c(C(=O)O)cnn1C1CCN(C(=O)c2sccc2-n2cccc2)CC1. The van der Waals surface area contributed by atoms with Crippen LogP contribution in [0.1, 0.15) is 44.6 Å². The van der Waals surface area contributed by atoms with E-state index >= 15 is 0 Å². The fourth-order valence-corrected chi connectivity index (χ4v) is 4.48. The van der Waals surface area contributed by atoms with Crippen molar-refractivity contribution >= 4 is 23.2 Å². The minimum Gasteiger partial charge on any atom is -0.478 e. The molecule has 140 valence electrons. The molecule has 1 amide bonds. The van der Waals surface area contributed by atoms with Gasteiger partial charge in [-0.2, -0.15) is 5.10 Å². The van der Waals surface area contributed by atoms with E-state index in [0.717, 1.165) is 23.4 Å². The fraction of sp³-hybridized carbons (Fsp3) is 0.316. The van der Waals surface area contributed by atoms with Crippen molar-refractivity contribution in [2.45, 2.75) is 25.8 Å². The molecule has 0 bridgehead atoms. The summed E-state index contributed by atoms with van der Waals surface area (Å²) in [5, 5.41) is 15.4. The highest BCUT2D eigenvalue weighted by atomic mass is 32.1. The Morgan fingerprint density at radius 1 is 1.22 bits per heavy atom. The number of carbonyl (C=O) groups is 2. The van der Waals surface area contributed by atoms with Gasteiger partial charge in [-0.3, -0.25) is 9.48 Å². The second kappa shape index (κ2) is 7.03. The van der Waals surface area contributed by atoms with Crippen LogP contribution in [0.5, 0.6) is 0 Å². The molecule has 0 radical (unpaired) electrons. The summed E-state index contributed by atoms with van der Waals surface area (Å²) in [5.74, 6) is -0.905. The Hall–Kier alpha value is -2.87. The fourth-order valence-electron chi connectivity index (χ4n) is 3.62. The Kier molecular flexibility index (Phi) is 4.57. The molecule has 1 N–H and O–H groups in total. The number of nitrogens with zero attached hydrogens (tertiary/aromatic N) is 4. The maximum Gasteiger partial charge on any atom is 0.339 e. The minimum atomic E-state index is -0.957. The number of carboxylic acids is 1. The molecule has 8 heteroatoms. The van der Waals surface area contributed by atoms with Gasteiger partial charge in [-0.05, 0) is 43.3 Å². The topological polar surface area (TPSA) is 80.4 Å². The molecule has 0 aromatic carbocycles. The predicted molar refractivity (Wildman–Crippen MR) is 102 cm³/mol. The molecule has 27 heavy (non-hydrogen) atoms. The lowest BCUT2D eigenvalue weighted by atomic mass is 10.0. The van der Waals surface area contributed by atoms with Gasteiger partial charge >= 0.3 is 5.97 Å². The Balaban J connectivity index is 1.46. The molecular formula is C19H20N4O3S. The molecule has 1 saturated heterocycles. The van der Waals surface area contributed by atoms with Crippen LogP contribution >= 0.6 is 11.3 Å². The summed E-state index contributed by atoms with van der Waals surface area (Å²) < 4.78 is 3.75. The number of amides is 1. The van der Waals surface area contributed by atoms with E-state index < -0.39 is 5.97 Å². The highest BCUT2D eigenvalue weighted by Crippen LogP contribution is 2.28. The van der Waals surface area contributed by atoms with E-state index in [0.29, 0.717) is 18.8 Å². The van der Waals surface area contributed by atoms with Crippen molar-refractivity contribution in [1.82, 2.24) is 19.2 Å². The van der Waals surface area contributed by atoms with Crippen molar-refractivity contribution < 1.29 is 14.7 Å². The maximum atomic E-state index is 13.0. The van der Waals surface area contributed by atoms with Crippen molar-refractivity contribution in [1.29, 1.82) is 0 Å². The van der Waals surface area contributed by atoms with Crippen LogP contribution in [0.25, 0.3) is 5.69 Å². The van der Waals surface area contributed by atoms with E-state index in [2.05, 4.69) is 5.10 Å². The number of aromatic nitrogens is 3. The number of piperidine rings is 1. The third-order valence-corrected chi connectivity index (χ3v) is 5.99. The molecule has 1 fully saturated rings. The van der Waals surface area contributed by atoms with E-state index in [1.807, 2.05) is 45.4 Å². The predicted octanol–water partition coefficient (Wildman–Crippen LogP) is 3.22. The molecule has 0 aliphatic carbocycles. The Labute approximate surface area is 160 Å². The zero-order valence-electron chi connectivity index (χ0n) is 14.9. The number of carboxylic acid groups (broad SMARTS) is 1. The van der Waals surface area contributed by atoms with Crippen LogP contribution in [-0.2, 0) is 0 Å². The zero-order valence-corrected chi connectivity index (χ0v) is 15.7. The molecule has 4 heterocycles. The van der Waals surface area contributed by atoms with Crippen LogP contribution in [0, 0.1) is 6.92 Å². The Bertz CT molecular complexity index is 965. The molecule has 3 aromatic rings. The highest BCUT2D eigenvalue weighted by Gasteiger charge is 2.28. The summed E-state index contributed by atoms with van der Waals surface area (Å²) in [6.07, 6.45) is 6.80. The molecule has 3 aromatic heterocycles. The van der Waals surface area contributed by atoms with Crippen LogP contribution in [0.2, 0.25) is 0 Å². The first-order valence-corrected chi connectivity index (χ1v) is 9.71. The summed E-state index contributed by atoms with van der Waals surface area (Å²) in [5.41, 5.74) is 1.81. The highest BCUT2D eigenvalue weighted by molar-refractivity contribution is 7.12. The number of likely N-dealkylation sites (tertiary alicyclic amines) is 1. The van der Waals surface area contributed by atoms with Crippen LogP contribution in [0.4, 0.5) is 0 Å². The van der Waals surface area contributed by atoms with E-state index in [-0.39, 0.29) is 17.5 Å². The average molecular weight is 384 g/mol. The van der Waals surface area contributed by atoms with E-state index in [9.17, 15) is 14.7 Å². The van der Waals surface area contributed by atoms with Gasteiger partial charge in [-0.1, -0.05) is 0 Å². The van der Waals surface area contributed by atoms with E-state index in [4.69, 9.17) is 0 Å².